The lowest BCUT2D eigenvalue weighted by Gasteiger charge is -1.99. The van der Waals surface area contributed by atoms with Crippen molar-refractivity contribution >= 4 is 49.1 Å². The molecule has 0 saturated heterocycles. The first kappa shape index (κ1) is 11.9. The molecule has 0 aliphatic rings. The molecule has 0 aliphatic heterocycles. The van der Waals surface area contributed by atoms with Gasteiger partial charge in [-0.15, -0.1) is 11.3 Å². The van der Waals surface area contributed by atoms with E-state index in [0.717, 1.165) is 14.0 Å². The zero-order valence-corrected chi connectivity index (χ0v) is 12.0. The van der Waals surface area contributed by atoms with Crippen LogP contribution in [0.25, 0.3) is 0 Å². The van der Waals surface area contributed by atoms with Crippen LogP contribution >= 0.6 is 43.2 Å². The average Bonchev–Trinajstić information content (AvgIpc) is 2.86. The lowest BCUT2D eigenvalue weighted by molar-refractivity contribution is 0.0952. The molecule has 0 fully saturated rings. The molecule has 3 nitrogen and oxygen atoms in total. The molecular formula is C10H7Br2NO2S. The number of rotatable bonds is 3. The zero-order chi connectivity index (χ0) is 11.5. The molecule has 2 aromatic rings. The van der Waals surface area contributed by atoms with Crippen molar-refractivity contribution in [2.45, 2.75) is 6.54 Å². The highest BCUT2D eigenvalue weighted by atomic mass is 79.9. The summed E-state index contributed by atoms with van der Waals surface area (Å²) in [7, 11) is 0. The van der Waals surface area contributed by atoms with Crippen molar-refractivity contribution in [3.8, 4) is 0 Å². The average molecular weight is 365 g/mol. The van der Waals surface area contributed by atoms with Gasteiger partial charge in [0, 0.05) is 4.47 Å². The van der Waals surface area contributed by atoms with E-state index in [2.05, 4.69) is 37.2 Å². The van der Waals surface area contributed by atoms with Crippen LogP contribution in [0.2, 0.25) is 0 Å². The van der Waals surface area contributed by atoms with Gasteiger partial charge in [0.1, 0.15) is 5.76 Å². The van der Waals surface area contributed by atoms with Gasteiger partial charge in [-0.1, -0.05) is 0 Å². The van der Waals surface area contributed by atoms with Crippen molar-refractivity contribution < 1.29 is 9.21 Å². The molecule has 6 heteroatoms. The van der Waals surface area contributed by atoms with E-state index in [-0.39, 0.29) is 5.91 Å². The highest BCUT2D eigenvalue weighted by Crippen LogP contribution is 2.32. The second-order valence-electron chi connectivity index (χ2n) is 2.99. The fourth-order valence-corrected chi connectivity index (χ4v) is 3.08. The predicted molar refractivity (Wildman–Crippen MR) is 69.6 cm³/mol. The van der Waals surface area contributed by atoms with Crippen LogP contribution in [0.1, 0.15) is 15.4 Å². The van der Waals surface area contributed by atoms with E-state index in [1.807, 2.05) is 6.07 Å². The van der Waals surface area contributed by atoms with Gasteiger partial charge in [0.05, 0.1) is 21.5 Å². The minimum Gasteiger partial charge on any atom is -0.467 e. The van der Waals surface area contributed by atoms with Gasteiger partial charge in [0.15, 0.2) is 0 Å². The summed E-state index contributed by atoms with van der Waals surface area (Å²) >= 11 is 8.07. The van der Waals surface area contributed by atoms with E-state index in [4.69, 9.17) is 4.42 Å². The normalized spacial score (nSPS) is 10.4. The monoisotopic (exact) mass is 363 g/mol. The van der Waals surface area contributed by atoms with Gasteiger partial charge in [-0.25, -0.2) is 0 Å². The van der Waals surface area contributed by atoms with Gasteiger partial charge in [0.25, 0.3) is 5.91 Å². The number of hydrogen-bond acceptors (Lipinski definition) is 3. The SMILES string of the molecule is O=C(NCc1ccco1)c1cc(Br)c(Br)s1. The van der Waals surface area contributed by atoms with Crippen LogP contribution < -0.4 is 5.32 Å². The van der Waals surface area contributed by atoms with Crippen LogP contribution in [0.3, 0.4) is 0 Å². The first-order chi connectivity index (χ1) is 7.66. The summed E-state index contributed by atoms with van der Waals surface area (Å²) < 4.78 is 6.92. The third-order valence-corrected chi connectivity index (χ3v) is 5.13. The summed E-state index contributed by atoms with van der Waals surface area (Å²) in [6.07, 6.45) is 1.58. The molecule has 0 radical (unpaired) electrons. The molecule has 0 spiro atoms. The van der Waals surface area contributed by atoms with Crippen LogP contribution in [0.4, 0.5) is 0 Å². The zero-order valence-electron chi connectivity index (χ0n) is 8.00. The number of carbonyl (C=O) groups is 1. The maximum absolute atomic E-state index is 11.7. The molecule has 0 saturated carbocycles. The Balaban J connectivity index is 1.98. The number of carbonyl (C=O) groups excluding carboxylic acids is 1. The number of amides is 1. The Morgan fingerprint density at radius 3 is 2.88 bits per heavy atom. The Bertz CT molecular complexity index is 473. The standard InChI is InChI=1S/C10H7Br2NO2S/c11-7-4-8(16-9(7)12)10(14)13-5-6-2-1-3-15-6/h1-4H,5H2,(H,13,14). The van der Waals surface area contributed by atoms with E-state index < -0.39 is 0 Å². The van der Waals surface area contributed by atoms with E-state index >= 15 is 0 Å². The second-order valence-corrected chi connectivity index (χ2v) is 6.22. The second kappa shape index (κ2) is 5.16. The van der Waals surface area contributed by atoms with Crippen molar-refractivity contribution in [3.05, 3.63) is 43.4 Å². The maximum Gasteiger partial charge on any atom is 0.261 e. The molecule has 0 bridgehead atoms. The Labute approximate surface area is 113 Å². The molecule has 2 heterocycles. The third kappa shape index (κ3) is 2.75. The molecule has 0 atom stereocenters. The van der Waals surface area contributed by atoms with Gasteiger partial charge >= 0.3 is 0 Å². The first-order valence-corrected chi connectivity index (χ1v) is 6.82. The van der Waals surface area contributed by atoms with E-state index in [1.165, 1.54) is 11.3 Å². The highest BCUT2D eigenvalue weighted by molar-refractivity contribution is 9.13. The van der Waals surface area contributed by atoms with E-state index in [0.29, 0.717) is 11.4 Å². The maximum atomic E-state index is 11.7. The topological polar surface area (TPSA) is 42.2 Å². The molecule has 0 aromatic carbocycles. The van der Waals surface area contributed by atoms with Gasteiger partial charge in [-0.3, -0.25) is 4.79 Å². The van der Waals surface area contributed by atoms with Gasteiger partial charge in [-0.2, -0.15) is 0 Å². The number of nitrogens with one attached hydrogen (secondary N) is 1. The van der Waals surface area contributed by atoms with Crippen LogP contribution in [0, 0.1) is 0 Å². The number of hydrogen-bond donors (Lipinski definition) is 1. The summed E-state index contributed by atoms with van der Waals surface area (Å²) in [4.78, 5) is 12.4. The van der Waals surface area contributed by atoms with Crippen molar-refractivity contribution in [2.24, 2.45) is 0 Å². The molecule has 1 amide bonds. The van der Waals surface area contributed by atoms with E-state index in [1.54, 1.807) is 18.4 Å². The minimum absolute atomic E-state index is 0.104. The Morgan fingerprint density at radius 1 is 1.50 bits per heavy atom. The third-order valence-electron chi connectivity index (χ3n) is 1.87. The summed E-state index contributed by atoms with van der Waals surface area (Å²) in [6.45, 7) is 0.402. The van der Waals surface area contributed by atoms with Crippen LogP contribution in [-0.2, 0) is 6.54 Å². The fourth-order valence-electron chi connectivity index (χ4n) is 1.13. The van der Waals surface area contributed by atoms with E-state index in [9.17, 15) is 4.79 Å². The molecule has 2 aromatic heterocycles. The summed E-state index contributed by atoms with van der Waals surface area (Å²) in [6, 6.07) is 5.40. The largest absolute Gasteiger partial charge is 0.467 e. The molecule has 0 aliphatic carbocycles. The summed E-state index contributed by atoms with van der Waals surface area (Å²) in [5.74, 6) is 0.635. The molecule has 16 heavy (non-hydrogen) atoms. The van der Waals surface area contributed by atoms with Crippen LogP contribution in [0.15, 0.2) is 37.1 Å². The number of thiophene rings is 1. The lowest BCUT2D eigenvalue weighted by Crippen LogP contribution is -2.21. The Kier molecular flexibility index (Phi) is 3.83. The van der Waals surface area contributed by atoms with Crippen LogP contribution in [-0.4, -0.2) is 5.91 Å². The van der Waals surface area contributed by atoms with Crippen molar-refractivity contribution in [1.29, 1.82) is 0 Å². The fraction of sp³-hybridized carbons (Fsp3) is 0.100. The molecule has 0 unspecified atom stereocenters. The lowest BCUT2D eigenvalue weighted by atomic mass is 10.4. The molecular weight excluding hydrogens is 358 g/mol. The molecule has 2 rings (SSSR count). The first-order valence-electron chi connectivity index (χ1n) is 4.42. The minimum atomic E-state index is -0.104. The molecule has 84 valence electrons. The smallest absolute Gasteiger partial charge is 0.261 e. The Hall–Kier alpha value is -0.590. The van der Waals surface area contributed by atoms with Gasteiger partial charge in [0.2, 0.25) is 0 Å². The quantitative estimate of drug-likeness (QED) is 0.900. The van der Waals surface area contributed by atoms with Crippen molar-refractivity contribution in [2.75, 3.05) is 0 Å². The summed E-state index contributed by atoms with van der Waals surface area (Å²) in [5.41, 5.74) is 0. The van der Waals surface area contributed by atoms with Crippen LogP contribution in [0.5, 0.6) is 0 Å². The van der Waals surface area contributed by atoms with Crippen molar-refractivity contribution in [1.82, 2.24) is 5.32 Å². The highest BCUT2D eigenvalue weighted by Gasteiger charge is 2.11. The van der Waals surface area contributed by atoms with Gasteiger partial charge in [-0.05, 0) is 50.1 Å². The van der Waals surface area contributed by atoms with Gasteiger partial charge < -0.3 is 9.73 Å². The number of furan rings is 1. The summed E-state index contributed by atoms with van der Waals surface area (Å²) in [5, 5.41) is 2.78. The predicted octanol–water partition coefficient (Wildman–Crippen LogP) is 3.80. The van der Waals surface area contributed by atoms with Crippen molar-refractivity contribution in [3.63, 3.8) is 0 Å². The molecule has 1 N–H and O–H groups in total. The number of halogens is 2. The Morgan fingerprint density at radius 2 is 2.31 bits per heavy atom.